The van der Waals surface area contributed by atoms with Gasteiger partial charge in [0.1, 0.15) is 5.41 Å². The number of anilines is 1. The van der Waals surface area contributed by atoms with E-state index in [4.69, 9.17) is 0 Å². The van der Waals surface area contributed by atoms with Crippen LogP contribution < -0.4 is 4.90 Å². The first-order valence-corrected chi connectivity index (χ1v) is 6.64. The summed E-state index contributed by atoms with van der Waals surface area (Å²) in [5, 5.41) is 9.37. The number of rotatable bonds is 4. The Hall–Kier alpha value is -1.84. The molecule has 1 aromatic rings. The van der Waals surface area contributed by atoms with Gasteiger partial charge < -0.3 is 10.0 Å². The maximum atomic E-state index is 12.6. The van der Waals surface area contributed by atoms with Crippen molar-refractivity contribution in [3.05, 3.63) is 29.8 Å². The number of para-hydroxylation sites is 1. The third kappa shape index (κ3) is 2.11. The highest BCUT2D eigenvalue weighted by Crippen LogP contribution is 2.43. The molecule has 0 unspecified atom stereocenters. The summed E-state index contributed by atoms with van der Waals surface area (Å²) in [5.41, 5.74) is 0.596. The quantitative estimate of drug-likeness (QED) is 0.847. The molecule has 0 spiro atoms. The maximum absolute atomic E-state index is 12.6. The number of benzene rings is 1. The van der Waals surface area contributed by atoms with E-state index in [0.29, 0.717) is 19.4 Å². The Kier molecular flexibility index (Phi) is 3.60. The minimum Gasteiger partial charge on any atom is -0.480 e. The van der Waals surface area contributed by atoms with Crippen molar-refractivity contribution in [2.45, 2.75) is 33.1 Å². The van der Waals surface area contributed by atoms with Gasteiger partial charge in [-0.2, -0.15) is 0 Å². The normalized spacial score (nSPS) is 16.5. The second-order valence-electron chi connectivity index (χ2n) is 5.08. The molecule has 0 saturated heterocycles. The Bertz CT molecular complexity index is 506. The van der Waals surface area contributed by atoms with Gasteiger partial charge in [-0.05, 0) is 38.3 Å². The van der Waals surface area contributed by atoms with Crippen LogP contribution in [0.2, 0.25) is 0 Å². The van der Waals surface area contributed by atoms with Crippen molar-refractivity contribution in [3.8, 4) is 0 Å². The first-order valence-electron chi connectivity index (χ1n) is 6.64. The first-order chi connectivity index (χ1) is 9.03. The summed E-state index contributed by atoms with van der Waals surface area (Å²) < 4.78 is 0. The van der Waals surface area contributed by atoms with Gasteiger partial charge in [-0.3, -0.25) is 9.59 Å². The van der Waals surface area contributed by atoms with E-state index in [2.05, 4.69) is 0 Å². The molecule has 2 rings (SSSR count). The van der Waals surface area contributed by atoms with Crippen molar-refractivity contribution in [3.63, 3.8) is 0 Å². The summed E-state index contributed by atoms with van der Waals surface area (Å²) in [7, 11) is 0. The molecule has 0 bridgehead atoms. The zero-order chi connectivity index (χ0) is 14.0. The van der Waals surface area contributed by atoms with Gasteiger partial charge in [0, 0.05) is 12.2 Å². The van der Waals surface area contributed by atoms with Gasteiger partial charge in [-0.15, -0.1) is 0 Å². The Labute approximate surface area is 113 Å². The molecule has 0 atom stereocenters. The summed E-state index contributed by atoms with van der Waals surface area (Å²) in [6.45, 7) is 4.29. The Morgan fingerprint density at radius 2 is 1.95 bits per heavy atom. The summed E-state index contributed by atoms with van der Waals surface area (Å²) in [6, 6.07) is 7.57. The van der Waals surface area contributed by atoms with E-state index in [9.17, 15) is 14.7 Å². The topological polar surface area (TPSA) is 57.6 Å². The van der Waals surface area contributed by atoms with E-state index in [1.54, 1.807) is 4.90 Å². The highest BCUT2D eigenvalue weighted by molar-refractivity contribution is 6.10. The third-order valence-electron chi connectivity index (χ3n) is 3.99. The molecular formula is C15H19NO3. The minimum absolute atomic E-state index is 0.275. The van der Waals surface area contributed by atoms with Crippen molar-refractivity contribution in [1.82, 2.24) is 0 Å². The fourth-order valence-corrected chi connectivity index (χ4v) is 2.60. The van der Waals surface area contributed by atoms with Crippen LogP contribution in [0, 0.1) is 12.3 Å². The lowest BCUT2D eigenvalue weighted by Crippen LogP contribution is -2.53. The average molecular weight is 261 g/mol. The number of nitrogens with zero attached hydrogens (tertiary/aromatic N) is 1. The number of carboxylic acid groups (broad SMARTS) is 1. The molecule has 0 heterocycles. The van der Waals surface area contributed by atoms with Gasteiger partial charge in [-0.1, -0.05) is 24.6 Å². The molecule has 1 N–H and O–H groups in total. The van der Waals surface area contributed by atoms with Gasteiger partial charge in [0.05, 0.1) is 0 Å². The standard InChI is InChI=1S/C15H19NO3/c1-3-16(12-8-5-4-7-11(12)2)13(17)15(14(18)19)9-6-10-15/h4-5,7-8H,3,6,9-10H2,1-2H3,(H,18,19). The molecule has 4 heteroatoms. The zero-order valence-corrected chi connectivity index (χ0v) is 11.3. The number of aryl methyl sites for hydroxylation is 1. The fourth-order valence-electron chi connectivity index (χ4n) is 2.60. The van der Waals surface area contributed by atoms with Crippen LogP contribution in [-0.2, 0) is 9.59 Å². The van der Waals surface area contributed by atoms with Gasteiger partial charge in [0.25, 0.3) is 0 Å². The number of carbonyl (C=O) groups excluding carboxylic acids is 1. The van der Waals surface area contributed by atoms with E-state index >= 15 is 0 Å². The fraction of sp³-hybridized carbons (Fsp3) is 0.467. The third-order valence-corrected chi connectivity index (χ3v) is 3.99. The monoisotopic (exact) mass is 261 g/mol. The van der Waals surface area contributed by atoms with Crippen LogP contribution >= 0.6 is 0 Å². The molecule has 19 heavy (non-hydrogen) atoms. The molecule has 0 aliphatic heterocycles. The average Bonchev–Trinajstić information content (AvgIpc) is 2.30. The predicted molar refractivity (Wildman–Crippen MR) is 73.1 cm³/mol. The van der Waals surface area contributed by atoms with E-state index in [-0.39, 0.29) is 5.91 Å². The van der Waals surface area contributed by atoms with Gasteiger partial charge >= 0.3 is 5.97 Å². The van der Waals surface area contributed by atoms with Crippen LogP contribution in [0.25, 0.3) is 0 Å². The van der Waals surface area contributed by atoms with E-state index in [1.807, 2.05) is 38.1 Å². The zero-order valence-electron chi connectivity index (χ0n) is 11.3. The molecule has 0 aromatic heterocycles. The molecule has 102 valence electrons. The van der Waals surface area contributed by atoms with Gasteiger partial charge in [0.2, 0.25) is 5.91 Å². The SMILES string of the molecule is CCN(C(=O)C1(C(=O)O)CCC1)c1ccccc1C. The predicted octanol–water partition coefficient (Wildman–Crippen LogP) is 2.60. The van der Waals surface area contributed by atoms with Crippen LogP contribution in [0.15, 0.2) is 24.3 Å². The number of hydrogen-bond acceptors (Lipinski definition) is 2. The smallest absolute Gasteiger partial charge is 0.319 e. The summed E-state index contributed by atoms with van der Waals surface area (Å²) in [5.74, 6) is -1.26. The summed E-state index contributed by atoms with van der Waals surface area (Å²) >= 11 is 0. The van der Waals surface area contributed by atoms with Crippen molar-refractivity contribution >= 4 is 17.6 Å². The Morgan fingerprint density at radius 1 is 1.32 bits per heavy atom. The number of carboxylic acids is 1. The summed E-state index contributed by atoms with van der Waals surface area (Å²) in [4.78, 5) is 25.7. The van der Waals surface area contributed by atoms with E-state index in [0.717, 1.165) is 17.7 Å². The van der Waals surface area contributed by atoms with E-state index < -0.39 is 11.4 Å². The highest BCUT2D eigenvalue weighted by atomic mass is 16.4. The number of hydrogen-bond donors (Lipinski definition) is 1. The molecule has 1 aromatic carbocycles. The summed E-state index contributed by atoms with van der Waals surface area (Å²) in [6.07, 6.45) is 1.70. The molecule has 1 aliphatic rings. The number of carbonyl (C=O) groups is 2. The van der Waals surface area contributed by atoms with Crippen molar-refractivity contribution in [2.75, 3.05) is 11.4 Å². The largest absolute Gasteiger partial charge is 0.480 e. The molecule has 1 amide bonds. The van der Waals surface area contributed by atoms with Crippen LogP contribution in [-0.4, -0.2) is 23.5 Å². The molecule has 1 saturated carbocycles. The maximum Gasteiger partial charge on any atom is 0.319 e. The molecule has 4 nitrogen and oxygen atoms in total. The highest BCUT2D eigenvalue weighted by Gasteiger charge is 2.53. The first kappa shape index (κ1) is 13.6. The van der Waals surface area contributed by atoms with E-state index in [1.165, 1.54) is 0 Å². The van der Waals surface area contributed by atoms with Gasteiger partial charge in [0.15, 0.2) is 0 Å². The lowest BCUT2D eigenvalue weighted by molar-refractivity contribution is -0.160. The molecule has 1 aliphatic carbocycles. The van der Waals surface area contributed by atoms with Crippen LogP contribution in [0.3, 0.4) is 0 Å². The lowest BCUT2D eigenvalue weighted by Gasteiger charge is -2.40. The van der Waals surface area contributed by atoms with Crippen LogP contribution in [0.4, 0.5) is 5.69 Å². The van der Waals surface area contributed by atoms with Crippen molar-refractivity contribution < 1.29 is 14.7 Å². The molecular weight excluding hydrogens is 242 g/mol. The second-order valence-corrected chi connectivity index (χ2v) is 5.08. The molecule has 1 fully saturated rings. The second kappa shape index (κ2) is 5.03. The Morgan fingerprint density at radius 3 is 2.37 bits per heavy atom. The Balaban J connectivity index is 2.35. The number of amides is 1. The van der Waals surface area contributed by atoms with Gasteiger partial charge in [-0.25, -0.2) is 0 Å². The number of aliphatic carboxylic acids is 1. The van der Waals surface area contributed by atoms with Crippen LogP contribution in [0.5, 0.6) is 0 Å². The van der Waals surface area contributed by atoms with Crippen molar-refractivity contribution in [1.29, 1.82) is 0 Å². The molecule has 0 radical (unpaired) electrons. The van der Waals surface area contributed by atoms with Crippen molar-refractivity contribution in [2.24, 2.45) is 5.41 Å². The van der Waals surface area contributed by atoms with Crippen LogP contribution in [0.1, 0.15) is 31.7 Å². The minimum atomic E-state index is -1.20. The lowest BCUT2D eigenvalue weighted by atomic mass is 9.67.